The van der Waals surface area contributed by atoms with Gasteiger partial charge in [-0.3, -0.25) is 0 Å². The Kier molecular flexibility index (Phi) is 4.29. The Morgan fingerprint density at radius 3 is 2.25 bits per heavy atom. The lowest BCUT2D eigenvalue weighted by atomic mass is 10.2. The fourth-order valence-electron chi connectivity index (χ4n) is 1.59. The zero-order valence-electron chi connectivity index (χ0n) is 9.93. The Balaban J connectivity index is 2.38. The maximum absolute atomic E-state index is 12.7. The lowest BCUT2D eigenvalue weighted by Gasteiger charge is -2.14. The van der Waals surface area contributed by atoms with E-state index >= 15 is 0 Å². The first kappa shape index (κ1) is 15.2. The highest BCUT2D eigenvalue weighted by Crippen LogP contribution is 2.36. The maximum Gasteiger partial charge on any atom is 0.416 e. The highest BCUT2D eigenvalue weighted by atomic mass is 79.9. The summed E-state index contributed by atoms with van der Waals surface area (Å²) in [6.45, 7) is 0. The van der Waals surface area contributed by atoms with E-state index in [1.165, 1.54) is 6.07 Å². The van der Waals surface area contributed by atoms with Gasteiger partial charge in [0.25, 0.3) is 0 Å². The van der Waals surface area contributed by atoms with Crippen LogP contribution in [0.3, 0.4) is 0 Å². The first-order valence-corrected chi connectivity index (χ1v) is 7.05. The summed E-state index contributed by atoms with van der Waals surface area (Å²) < 4.78 is 39.4. The number of alkyl halides is 3. The third-order valence-electron chi connectivity index (χ3n) is 2.58. The second-order valence-corrected chi connectivity index (χ2v) is 5.82. The minimum absolute atomic E-state index is 0.300. The molecule has 0 amide bonds. The molecular formula is C13H9Br2F3N2. The number of rotatable bonds is 2. The maximum atomic E-state index is 12.7. The molecule has 2 nitrogen and oxygen atoms in total. The van der Waals surface area contributed by atoms with E-state index in [4.69, 9.17) is 5.73 Å². The van der Waals surface area contributed by atoms with Gasteiger partial charge in [-0.15, -0.1) is 0 Å². The van der Waals surface area contributed by atoms with E-state index in [1.54, 1.807) is 18.2 Å². The molecule has 20 heavy (non-hydrogen) atoms. The molecule has 0 fully saturated rings. The van der Waals surface area contributed by atoms with Crippen LogP contribution in [0.1, 0.15) is 5.56 Å². The number of hydrogen-bond donors (Lipinski definition) is 2. The van der Waals surface area contributed by atoms with Gasteiger partial charge in [0.1, 0.15) is 0 Å². The van der Waals surface area contributed by atoms with Crippen molar-refractivity contribution in [1.82, 2.24) is 0 Å². The first-order valence-electron chi connectivity index (χ1n) is 5.46. The van der Waals surface area contributed by atoms with Gasteiger partial charge in [0.2, 0.25) is 0 Å². The molecule has 0 aromatic heterocycles. The van der Waals surface area contributed by atoms with Gasteiger partial charge >= 0.3 is 6.18 Å². The minimum Gasteiger partial charge on any atom is -0.397 e. The van der Waals surface area contributed by atoms with Crippen molar-refractivity contribution < 1.29 is 13.2 Å². The van der Waals surface area contributed by atoms with Gasteiger partial charge in [0.15, 0.2) is 0 Å². The van der Waals surface area contributed by atoms with Gasteiger partial charge in [-0.2, -0.15) is 13.2 Å². The van der Waals surface area contributed by atoms with Crippen LogP contribution in [0, 0.1) is 0 Å². The van der Waals surface area contributed by atoms with Crippen molar-refractivity contribution in [2.75, 3.05) is 11.1 Å². The molecule has 0 unspecified atom stereocenters. The average Bonchev–Trinajstić information content (AvgIpc) is 2.33. The highest BCUT2D eigenvalue weighted by molar-refractivity contribution is 9.10. The monoisotopic (exact) mass is 408 g/mol. The van der Waals surface area contributed by atoms with Crippen LogP contribution in [0.25, 0.3) is 0 Å². The van der Waals surface area contributed by atoms with Crippen LogP contribution >= 0.6 is 31.9 Å². The Morgan fingerprint density at radius 2 is 1.65 bits per heavy atom. The second-order valence-electron chi connectivity index (χ2n) is 4.05. The molecule has 0 aliphatic carbocycles. The van der Waals surface area contributed by atoms with Gasteiger partial charge in [-0.25, -0.2) is 0 Å². The lowest BCUT2D eigenvalue weighted by molar-refractivity contribution is -0.137. The fourth-order valence-corrected chi connectivity index (χ4v) is 2.31. The van der Waals surface area contributed by atoms with Crippen LogP contribution < -0.4 is 11.1 Å². The molecular weight excluding hydrogens is 401 g/mol. The molecule has 0 atom stereocenters. The van der Waals surface area contributed by atoms with Crippen molar-refractivity contribution in [3.05, 3.63) is 50.9 Å². The van der Waals surface area contributed by atoms with E-state index in [1.807, 2.05) is 0 Å². The number of benzene rings is 2. The molecule has 0 saturated carbocycles. The van der Waals surface area contributed by atoms with Gasteiger partial charge < -0.3 is 11.1 Å². The van der Waals surface area contributed by atoms with Crippen LogP contribution in [-0.2, 0) is 6.18 Å². The van der Waals surface area contributed by atoms with Crippen molar-refractivity contribution in [2.24, 2.45) is 0 Å². The van der Waals surface area contributed by atoms with E-state index in [9.17, 15) is 13.2 Å². The number of nitrogen functional groups attached to an aromatic ring is 1. The number of hydrogen-bond acceptors (Lipinski definition) is 2. The number of nitrogens with one attached hydrogen (secondary N) is 1. The Hall–Kier alpha value is -1.21. The van der Waals surface area contributed by atoms with E-state index in [2.05, 4.69) is 37.2 Å². The SMILES string of the molecule is Nc1cc(Br)ccc1Nc1cc(C(F)(F)F)ccc1Br. The molecule has 2 aromatic rings. The zero-order chi connectivity index (χ0) is 14.9. The van der Waals surface area contributed by atoms with E-state index in [0.717, 1.165) is 16.6 Å². The van der Waals surface area contributed by atoms with E-state index in [-0.39, 0.29) is 0 Å². The Labute approximate surface area is 130 Å². The summed E-state index contributed by atoms with van der Waals surface area (Å²) in [5.74, 6) is 0. The van der Waals surface area contributed by atoms with Crippen molar-refractivity contribution >= 4 is 48.9 Å². The largest absolute Gasteiger partial charge is 0.416 e. The van der Waals surface area contributed by atoms with Crippen LogP contribution in [0.5, 0.6) is 0 Å². The van der Waals surface area contributed by atoms with Gasteiger partial charge in [0.05, 0.1) is 22.6 Å². The Morgan fingerprint density at radius 1 is 0.950 bits per heavy atom. The second kappa shape index (κ2) is 5.65. The molecule has 0 spiro atoms. The molecule has 106 valence electrons. The number of halogens is 5. The molecule has 0 aliphatic rings. The molecule has 7 heteroatoms. The average molecular weight is 410 g/mol. The molecule has 0 radical (unpaired) electrons. The lowest BCUT2D eigenvalue weighted by Crippen LogP contribution is -2.06. The van der Waals surface area contributed by atoms with E-state index < -0.39 is 11.7 Å². The summed E-state index contributed by atoms with van der Waals surface area (Å²) in [4.78, 5) is 0. The first-order chi connectivity index (χ1) is 9.27. The van der Waals surface area contributed by atoms with Crippen molar-refractivity contribution in [1.29, 1.82) is 0 Å². The Bertz CT molecular complexity index is 642. The molecule has 0 bridgehead atoms. The normalized spacial score (nSPS) is 11.4. The third kappa shape index (κ3) is 3.46. The van der Waals surface area contributed by atoms with Crippen molar-refractivity contribution in [3.63, 3.8) is 0 Å². The van der Waals surface area contributed by atoms with Crippen LogP contribution in [0.2, 0.25) is 0 Å². The van der Waals surface area contributed by atoms with Crippen LogP contribution in [0.4, 0.5) is 30.2 Å². The predicted octanol–water partition coefficient (Wildman–Crippen LogP) is 5.56. The number of nitrogens with two attached hydrogens (primary N) is 1. The van der Waals surface area contributed by atoms with Crippen molar-refractivity contribution in [3.8, 4) is 0 Å². The summed E-state index contributed by atoms with van der Waals surface area (Å²) in [5.41, 5.74) is 6.36. The van der Waals surface area contributed by atoms with Gasteiger partial charge in [0, 0.05) is 8.95 Å². The smallest absolute Gasteiger partial charge is 0.397 e. The fraction of sp³-hybridized carbons (Fsp3) is 0.0769. The predicted molar refractivity (Wildman–Crippen MR) is 81.0 cm³/mol. The molecule has 0 heterocycles. The number of anilines is 3. The summed E-state index contributed by atoms with van der Waals surface area (Å²) in [6.07, 6.45) is -4.39. The molecule has 2 rings (SSSR count). The van der Waals surface area contributed by atoms with E-state index in [0.29, 0.717) is 21.5 Å². The topological polar surface area (TPSA) is 38.0 Å². The molecule has 2 aromatic carbocycles. The molecule has 0 saturated heterocycles. The van der Waals surface area contributed by atoms with Gasteiger partial charge in [-0.1, -0.05) is 15.9 Å². The third-order valence-corrected chi connectivity index (χ3v) is 3.76. The quantitative estimate of drug-likeness (QED) is 0.637. The van der Waals surface area contributed by atoms with Crippen LogP contribution in [0.15, 0.2) is 45.3 Å². The summed E-state index contributed by atoms with van der Waals surface area (Å²) in [7, 11) is 0. The standard InChI is InChI=1S/C13H9Br2F3N2/c14-8-2-4-11(10(19)6-8)20-12-5-7(13(16,17)18)1-3-9(12)15/h1-6,20H,19H2. The summed E-state index contributed by atoms with van der Waals surface area (Å²) in [6, 6.07) is 8.50. The summed E-state index contributed by atoms with van der Waals surface area (Å²) >= 11 is 6.48. The summed E-state index contributed by atoms with van der Waals surface area (Å²) in [5, 5.41) is 2.89. The molecule has 0 aliphatic heterocycles. The van der Waals surface area contributed by atoms with Crippen molar-refractivity contribution in [2.45, 2.75) is 6.18 Å². The molecule has 3 N–H and O–H groups in total. The minimum atomic E-state index is -4.39. The highest BCUT2D eigenvalue weighted by Gasteiger charge is 2.30. The van der Waals surface area contributed by atoms with Gasteiger partial charge in [-0.05, 0) is 52.3 Å². The van der Waals surface area contributed by atoms with Crippen LogP contribution in [-0.4, -0.2) is 0 Å². The zero-order valence-corrected chi connectivity index (χ0v) is 13.1.